The Bertz CT molecular complexity index is 399. The molecule has 0 aromatic heterocycles. The highest BCUT2D eigenvalue weighted by Gasteiger charge is 2.43. The number of hydrogen-bond acceptors (Lipinski definition) is 7. The molecule has 1 heterocycles. The van der Waals surface area contributed by atoms with Gasteiger partial charge in [-0.1, -0.05) is 32.6 Å². The van der Waals surface area contributed by atoms with Crippen molar-refractivity contribution in [2.24, 2.45) is 0 Å². The van der Waals surface area contributed by atoms with Crippen molar-refractivity contribution in [1.82, 2.24) is 0 Å². The molecule has 0 aromatic rings. The Kier molecular flexibility index (Phi) is 10.7. The molecule has 0 aliphatic carbocycles. The second-order valence-electron chi connectivity index (χ2n) is 6.12. The predicted molar refractivity (Wildman–Crippen MR) is 90.8 cm³/mol. The molecule has 7 heteroatoms. The third-order valence-corrected chi connectivity index (χ3v) is 4.04. The molecule has 7 nitrogen and oxygen atoms in total. The minimum Gasteiger partial charge on any atom is -0.464 e. The molecule has 25 heavy (non-hydrogen) atoms. The summed E-state index contributed by atoms with van der Waals surface area (Å²) in [6, 6.07) is 0. The normalized spacial score (nSPS) is 24.1. The average molecular weight is 360 g/mol. The zero-order valence-electron chi connectivity index (χ0n) is 15.6. The lowest BCUT2D eigenvalue weighted by molar-refractivity contribution is -0.159. The van der Waals surface area contributed by atoms with E-state index in [1.807, 2.05) is 0 Å². The molecular formula is C18H32O7. The summed E-state index contributed by atoms with van der Waals surface area (Å²) < 4.78 is 21.2. The number of aliphatic hydroxyl groups is 1. The number of unbranched alkanes of at least 4 members (excludes halogenated alkanes) is 4. The van der Waals surface area contributed by atoms with Gasteiger partial charge in [0.2, 0.25) is 0 Å². The fourth-order valence-electron chi connectivity index (χ4n) is 2.77. The van der Waals surface area contributed by atoms with Crippen molar-refractivity contribution in [2.45, 2.75) is 90.3 Å². The van der Waals surface area contributed by atoms with Gasteiger partial charge in [-0.3, -0.25) is 0 Å². The van der Waals surface area contributed by atoms with Gasteiger partial charge in [0.15, 0.2) is 18.5 Å². The summed E-state index contributed by atoms with van der Waals surface area (Å²) in [5, 5.41) is 9.94. The van der Waals surface area contributed by atoms with Crippen molar-refractivity contribution in [3.05, 3.63) is 0 Å². The summed E-state index contributed by atoms with van der Waals surface area (Å²) in [7, 11) is 0. The van der Waals surface area contributed by atoms with Crippen LogP contribution in [0.4, 0.5) is 0 Å². The number of carbonyl (C=O) groups excluding carboxylic acids is 2. The molecule has 0 aromatic carbocycles. The summed E-state index contributed by atoms with van der Waals surface area (Å²) in [6.45, 7) is 5.94. The largest absolute Gasteiger partial charge is 0.464 e. The summed E-state index contributed by atoms with van der Waals surface area (Å²) in [4.78, 5) is 23.7. The van der Waals surface area contributed by atoms with Crippen molar-refractivity contribution in [2.75, 3.05) is 13.2 Å². The van der Waals surface area contributed by atoms with E-state index >= 15 is 0 Å². The number of aliphatic hydroxyl groups excluding tert-OH is 1. The smallest absolute Gasteiger partial charge is 0.338 e. The first-order valence-electron chi connectivity index (χ1n) is 9.35. The van der Waals surface area contributed by atoms with Gasteiger partial charge in [0, 0.05) is 6.42 Å². The third-order valence-electron chi connectivity index (χ3n) is 4.04. The lowest BCUT2D eigenvalue weighted by atomic mass is 10.1. The molecule has 1 rings (SSSR count). The number of carbonyl (C=O) groups is 2. The fourth-order valence-corrected chi connectivity index (χ4v) is 2.77. The molecule has 0 spiro atoms. The van der Waals surface area contributed by atoms with Gasteiger partial charge in [-0.15, -0.1) is 0 Å². The maximum atomic E-state index is 12.1. The molecule has 1 unspecified atom stereocenters. The molecule has 0 bridgehead atoms. The maximum absolute atomic E-state index is 12.1. The van der Waals surface area contributed by atoms with E-state index in [1.54, 1.807) is 13.8 Å². The Morgan fingerprint density at radius 2 is 1.68 bits per heavy atom. The summed E-state index contributed by atoms with van der Waals surface area (Å²) >= 11 is 0. The predicted octanol–water partition coefficient (Wildman–Crippen LogP) is 2.33. The van der Waals surface area contributed by atoms with Gasteiger partial charge in [-0.2, -0.15) is 0 Å². The summed E-state index contributed by atoms with van der Waals surface area (Å²) in [5.41, 5.74) is 0. The van der Waals surface area contributed by atoms with Crippen LogP contribution in [0.25, 0.3) is 0 Å². The SMILES string of the molecule is CCCCCCCC1O[C@@H](C[C@H](O)C(=O)OCC)[C@H](C(=O)OCC)O1. The van der Waals surface area contributed by atoms with Gasteiger partial charge in [-0.25, -0.2) is 9.59 Å². The molecule has 1 fully saturated rings. The van der Waals surface area contributed by atoms with Crippen molar-refractivity contribution in [3.8, 4) is 0 Å². The van der Waals surface area contributed by atoms with Crippen LogP contribution in [0.3, 0.4) is 0 Å². The highest BCUT2D eigenvalue weighted by atomic mass is 16.7. The first-order valence-corrected chi connectivity index (χ1v) is 9.35. The van der Waals surface area contributed by atoms with Gasteiger partial charge in [0.25, 0.3) is 0 Å². The van der Waals surface area contributed by atoms with Crippen molar-refractivity contribution in [1.29, 1.82) is 0 Å². The van der Waals surface area contributed by atoms with Crippen LogP contribution in [0.15, 0.2) is 0 Å². The van der Waals surface area contributed by atoms with E-state index < -0.39 is 36.5 Å². The molecule has 1 N–H and O–H groups in total. The van der Waals surface area contributed by atoms with E-state index in [0.29, 0.717) is 6.42 Å². The van der Waals surface area contributed by atoms with E-state index in [4.69, 9.17) is 18.9 Å². The molecule has 1 aliphatic rings. The Labute approximate surface area is 150 Å². The molecule has 146 valence electrons. The molecule has 1 aliphatic heterocycles. The number of ether oxygens (including phenoxy) is 4. The zero-order chi connectivity index (χ0) is 18.7. The molecule has 1 saturated heterocycles. The van der Waals surface area contributed by atoms with Gasteiger partial charge in [0.1, 0.15) is 6.10 Å². The fraction of sp³-hybridized carbons (Fsp3) is 0.889. The van der Waals surface area contributed by atoms with Crippen molar-refractivity contribution >= 4 is 11.9 Å². The Morgan fingerprint density at radius 1 is 1.00 bits per heavy atom. The molecule has 4 atom stereocenters. The van der Waals surface area contributed by atoms with E-state index in [2.05, 4.69) is 6.92 Å². The number of esters is 2. The van der Waals surface area contributed by atoms with Crippen LogP contribution in [0.1, 0.15) is 65.7 Å². The van der Waals surface area contributed by atoms with Gasteiger partial charge < -0.3 is 24.1 Å². The Morgan fingerprint density at radius 3 is 2.32 bits per heavy atom. The highest BCUT2D eigenvalue weighted by Crippen LogP contribution is 2.27. The van der Waals surface area contributed by atoms with Crippen molar-refractivity contribution in [3.63, 3.8) is 0 Å². The zero-order valence-corrected chi connectivity index (χ0v) is 15.6. The van der Waals surface area contributed by atoms with Gasteiger partial charge >= 0.3 is 11.9 Å². The van der Waals surface area contributed by atoms with Crippen LogP contribution in [0.5, 0.6) is 0 Å². The quantitative estimate of drug-likeness (QED) is 0.422. The first kappa shape index (κ1) is 21.9. The van der Waals surface area contributed by atoms with E-state index in [9.17, 15) is 14.7 Å². The lowest BCUT2D eigenvalue weighted by Gasteiger charge is -2.17. The molecule has 0 amide bonds. The minimum atomic E-state index is -1.35. The van der Waals surface area contributed by atoms with Crippen LogP contribution >= 0.6 is 0 Å². The van der Waals surface area contributed by atoms with Crippen LogP contribution in [0.2, 0.25) is 0 Å². The maximum Gasteiger partial charge on any atom is 0.338 e. The van der Waals surface area contributed by atoms with E-state index in [1.165, 1.54) is 12.8 Å². The third kappa shape index (κ3) is 7.71. The average Bonchev–Trinajstić information content (AvgIpc) is 2.98. The van der Waals surface area contributed by atoms with E-state index in [-0.39, 0.29) is 19.6 Å². The van der Waals surface area contributed by atoms with Gasteiger partial charge in [0.05, 0.1) is 13.2 Å². The highest BCUT2D eigenvalue weighted by molar-refractivity contribution is 5.77. The number of rotatable bonds is 12. The topological polar surface area (TPSA) is 91.3 Å². The van der Waals surface area contributed by atoms with Gasteiger partial charge in [-0.05, 0) is 26.7 Å². The van der Waals surface area contributed by atoms with Crippen LogP contribution in [0, 0.1) is 0 Å². The Hall–Kier alpha value is -1.18. The van der Waals surface area contributed by atoms with Crippen LogP contribution < -0.4 is 0 Å². The van der Waals surface area contributed by atoms with Crippen LogP contribution in [-0.4, -0.2) is 54.9 Å². The summed E-state index contributed by atoms with van der Waals surface area (Å²) in [5.74, 6) is -1.26. The second kappa shape index (κ2) is 12.2. The standard InChI is InChI=1S/C18H32O7/c1-4-7-8-9-10-11-15-24-14(12-13(19)17(20)22-5-2)16(25-15)18(21)23-6-3/h13-16,19H,4-12H2,1-3H3/t13-,14-,15?,16+/m0/s1. The van der Waals surface area contributed by atoms with Crippen molar-refractivity contribution < 1.29 is 33.6 Å². The summed E-state index contributed by atoms with van der Waals surface area (Å²) in [6.07, 6.45) is 2.65. The van der Waals surface area contributed by atoms with E-state index in [0.717, 1.165) is 19.3 Å². The number of hydrogen-bond donors (Lipinski definition) is 1. The van der Waals surface area contributed by atoms with Crippen LogP contribution in [-0.2, 0) is 28.5 Å². The lowest BCUT2D eigenvalue weighted by Crippen LogP contribution is -2.37. The molecule has 0 radical (unpaired) electrons. The first-order chi connectivity index (χ1) is 12.0. The minimum absolute atomic E-state index is 0.0609. The Balaban J connectivity index is 2.55. The monoisotopic (exact) mass is 360 g/mol. The molecule has 0 saturated carbocycles. The molecular weight excluding hydrogens is 328 g/mol. The second-order valence-corrected chi connectivity index (χ2v) is 6.12.